The molecule has 2 rings (SSSR count). The predicted molar refractivity (Wildman–Crippen MR) is 58.7 cm³/mol. The van der Waals surface area contributed by atoms with E-state index in [2.05, 4.69) is 21.1 Å². The van der Waals surface area contributed by atoms with Crippen molar-refractivity contribution in [3.05, 3.63) is 34.2 Å². The fourth-order valence-corrected chi connectivity index (χ4v) is 1.61. The van der Waals surface area contributed by atoms with E-state index in [0.717, 1.165) is 5.56 Å². The summed E-state index contributed by atoms with van der Waals surface area (Å²) in [5.74, 6) is 0.239. The molecule has 0 spiro atoms. The van der Waals surface area contributed by atoms with Crippen LogP contribution in [0.25, 0.3) is 11.3 Å². The molecule has 2 N–H and O–H groups in total. The van der Waals surface area contributed by atoms with Crippen LogP contribution >= 0.6 is 15.9 Å². The van der Waals surface area contributed by atoms with Crippen molar-refractivity contribution in [1.82, 2.24) is 5.16 Å². The number of anilines is 1. The second-order valence-corrected chi connectivity index (χ2v) is 3.98. The first-order valence-corrected chi connectivity index (χ1v) is 5.06. The molecule has 1 aromatic carbocycles. The zero-order valence-corrected chi connectivity index (χ0v) is 9.51. The van der Waals surface area contributed by atoms with E-state index in [-0.39, 0.29) is 5.82 Å². The highest BCUT2D eigenvalue weighted by molar-refractivity contribution is 9.10. The Morgan fingerprint density at radius 2 is 2.20 bits per heavy atom. The van der Waals surface area contributed by atoms with Gasteiger partial charge >= 0.3 is 0 Å². The number of aryl methyl sites for hydroxylation is 1. The Bertz CT molecular complexity index is 510. The van der Waals surface area contributed by atoms with Crippen molar-refractivity contribution in [3.63, 3.8) is 0 Å². The number of rotatable bonds is 1. The maximum Gasteiger partial charge on any atom is 0.157 e. The maximum atomic E-state index is 13.0. The smallest absolute Gasteiger partial charge is 0.157 e. The lowest BCUT2D eigenvalue weighted by Gasteiger charge is -1.99. The van der Waals surface area contributed by atoms with Gasteiger partial charge in [0.15, 0.2) is 5.76 Å². The minimum atomic E-state index is -0.322. The first kappa shape index (κ1) is 10.2. The van der Waals surface area contributed by atoms with E-state index in [1.807, 2.05) is 0 Å². The Balaban J connectivity index is 2.55. The van der Waals surface area contributed by atoms with Gasteiger partial charge < -0.3 is 10.3 Å². The summed E-state index contributed by atoms with van der Waals surface area (Å²) in [6.45, 7) is 1.73. The van der Waals surface area contributed by atoms with Gasteiger partial charge in [-0.15, -0.1) is 0 Å². The van der Waals surface area contributed by atoms with Crippen LogP contribution in [0.15, 0.2) is 27.2 Å². The van der Waals surface area contributed by atoms with Gasteiger partial charge in [0.2, 0.25) is 0 Å². The van der Waals surface area contributed by atoms with Gasteiger partial charge in [0.25, 0.3) is 0 Å². The van der Waals surface area contributed by atoms with Crippen molar-refractivity contribution in [2.24, 2.45) is 0 Å². The van der Waals surface area contributed by atoms with Gasteiger partial charge in [-0.05, 0) is 41.1 Å². The van der Waals surface area contributed by atoms with Crippen LogP contribution in [0.1, 0.15) is 5.76 Å². The van der Waals surface area contributed by atoms with Crippen LogP contribution in [-0.4, -0.2) is 5.16 Å². The molecule has 3 nitrogen and oxygen atoms in total. The van der Waals surface area contributed by atoms with Crippen molar-refractivity contribution in [2.45, 2.75) is 6.92 Å². The Hall–Kier alpha value is -1.36. The molecule has 0 aliphatic carbocycles. The average molecular weight is 271 g/mol. The molecule has 2 aromatic rings. The van der Waals surface area contributed by atoms with Crippen LogP contribution in [-0.2, 0) is 0 Å². The largest absolute Gasteiger partial charge is 0.394 e. The van der Waals surface area contributed by atoms with E-state index in [0.29, 0.717) is 21.6 Å². The summed E-state index contributed by atoms with van der Waals surface area (Å²) in [7, 11) is 0. The van der Waals surface area contributed by atoms with E-state index in [1.54, 1.807) is 19.1 Å². The first-order chi connectivity index (χ1) is 7.09. The molecule has 0 aliphatic heterocycles. The van der Waals surface area contributed by atoms with Crippen molar-refractivity contribution >= 4 is 21.6 Å². The normalized spacial score (nSPS) is 10.6. The molecule has 0 saturated carbocycles. The lowest BCUT2D eigenvalue weighted by molar-refractivity contribution is 0.400. The number of halogens is 2. The molecule has 15 heavy (non-hydrogen) atoms. The lowest BCUT2D eigenvalue weighted by atomic mass is 10.1. The molecule has 0 saturated heterocycles. The molecule has 0 unspecified atom stereocenters. The topological polar surface area (TPSA) is 52.0 Å². The maximum absolute atomic E-state index is 13.0. The zero-order chi connectivity index (χ0) is 11.0. The van der Waals surface area contributed by atoms with E-state index >= 15 is 0 Å². The Labute approximate surface area is 94.2 Å². The summed E-state index contributed by atoms with van der Waals surface area (Å²) in [4.78, 5) is 0. The molecule has 0 bridgehead atoms. The SMILES string of the molecule is Cc1onc(-c2ccc(F)c(Br)c2)c1N. The molecule has 0 fully saturated rings. The first-order valence-electron chi connectivity index (χ1n) is 4.26. The summed E-state index contributed by atoms with van der Waals surface area (Å²) in [5.41, 5.74) is 7.49. The zero-order valence-electron chi connectivity index (χ0n) is 7.92. The van der Waals surface area contributed by atoms with Gasteiger partial charge in [0, 0.05) is 5.56 Å². The molecule has 0 atom stereocenters. The Kier molecular flexibility index (Phi) is 2.48. The molecular formula is C10H8BrFN2O. The van der Waals surface area contributed by atoms with Gasteiger partial charge in [-0.3, -0.25) is 0 Å². The van der Waals surface area contributed by atoms with Crippen LogP contribution < -0.4 is 5.73 Å². The monoisotopic (exact) mass is 270 g/mol. The van der Waals surface area contributed by atoms with Crippen molar-refractivity contribution in [3.8, 4) is 11.3 Å². The van der Waals surface area contributed by atoms with Gasteiger partial charge in [-0.1, -0.05) is 5.16 Å². The molecule has 5 heteroatoms. The fraction of sp³-hybridized carbons (Fsp3) is 0.100. The molecule has 78 valence electrons. The molecule has 1 heterocycles. The summed E-state index contributed by atoms with van der Waals surface area (Å²) in [6, 6.07) is 4.57. The summed E-state index contributed by atoms with van der Waals surface area (Å²) in [5, 5.41) is 3.81. The van der Waals surface area contributed by atoms with Crippen LogP contribution in [0.3, 0.4) is 0 Å². The fourth-order valence-electron chi connectivity index (χ4n) is 1.23. The minimum absolute atomic E-state index is 0.322. The predicted octanol–water partition coefficient (Wildman–Crippen LogP) is 3.13. The third-order valence-corrected chi connectivity index (χ3v) is 2.71. The number of nitrogens with zero attached hydrogens (tertiary/aromatic N) is 1. The number of benzene rings is 1. The van der Waals surface area contributed by atoms with Crippen LogP contribution in [0.5, 0.6) is 0 Å². The highest BCUT2D eigenvalue weighted by atomic mass is 79.9. The summed E-state index contributed by atoms with van der Waals surface area (Å²) < 4.78 is 18.3. The van der Waals surface area contributed by atoms with Crippen molar-refractivity contribution < 1.29 is 8.91 Å². The number of nitrogen functional groups attached to an aromatic ring is 1. The highest BCUT2D eigenvalue weighted by Crippen LogP contribution is 2.29. The van der Waals surface area contributed by atoms with Crippen LogP contribution in [0.2, 0.25) is 0 Å². The van der Waals surface area contributed by atoms with E-state index in [9.17, 15) is 4.39 Å². The third-order valence-electron chi connectivity index (χ3n) is 2.10. The Morgan fingerprint density at radius 3 is 2.73 bits per heavy atom. The van der Waals surface area contributed by atoms with Crippen molar-refractivity contribution in [2.75, 3.05) is 5.73 Å². The summed E-state index contributed by atoms with van der Waals surface area (Å²) in [6.07, 6.45) is 0. The average Bonchev–Trinajstić information content (AvgIpc) is 2.53. The second-order valence-electron chi connectivity index (χ2n) is 3.13. The van der Waals surface area contributed by atoms with E-state index in [1.165, 1.54) is 6.07 Å². The minimum Gasteiger partial charge on any atom is -0.394 e. The van der Waals surface area contributed by atoms with Gasteiger partial charge in [0.05, 0.1) is 4.47 Å². The quantitative estimate of drug-likeness (QED) is 0.866. The van der Waals surface area contributed by atoms with Gasteiger partial charge in [0.1, 0.15) is 17.2 Å². The third kappa shape index (κ3) is 1.74. The standard InChI is InChI=1S/C10H8BrFN2O/c1-5-9(13)10(14-15-5)6-2-3-8(12)7(11)4-6/h2-4H,13H2,1H3. The van der Waals surface area contributed by atoms with Gasteiger partial charge in [-0.25, -0.2) is 4.39 Å². The highest BCUT2D eigenvalue weighted by Gasteiger charge is 2.12. The van der Waals surface area contributed by atoms with E-state index < -0.39 is 0 Å². The Morgan fingerprint density at radius 1 is 1.47 bits per heavy atom. The van der Waals surface area contributed by atoms with E-state index in [4.69, 9.17) is 10.3 Å². The van der Waals surface area contributed by atoms with Crippen LogP contribution in [0, 0.1) is 12.7 Å². The number of hydrogen-bond donors (Lipinski definition) is 1. The lowest BCUT2D eigenvalue weighted by Crippen LogP contribution is -1.89. The molecule has 0 amide bonds. The molecular weight excluding hydrogens is 263 g/mol. The molecule has 0 aliphatic rings. The van der Waals surface area contributed by atoms with Gasteiger partial charge in [-0.2, -0.15) is 0 Å². The summed E-state index contributed by atoms with van der Waals surface area (Å²) >= 11 is 3.10. The van der Waals surface area contributed by atoms with Crippen molar-refractivity contribution in [1.29, 1.82) is 0 Å². The number of nitrogens with two attached hydrogens (primary N) is 1. The second kappa shape index (κ2) is 3.66. The molecule has 1 aromatic heterocycles. The van der Waals surface area contributed by atoms with Crippen LogP contribution in [0.4, 0.5) is 10.1 Å². The molecule has 0 radical (unpaired) electrons. The number of aromatic nitrogens is 1. The number of hydrogen-bond acceptors (Lipinski definition) is 3.